The summed E-state index contributed by atoms with van der Waals surface area (Å²) in [4.78, 5) is 23.2. The smallest absolute Gasteiger partial charge is 0.350 e. The molecule has 1 heterocycles. The van der Waals surface area contributed by atoms with Crippen molar-refractivity contribution in [1.29, 1.82) is 0 Å². The monoisotopic (exact) mass is 327 g/mol. The highest BCUT2D eigenvalue weighted by Crippen LogP contribution is 2.26. The van der Waals surface area contributed by atoms with Crippen molar-refractivity contribution in [1.82, 2.24) is 5.32 Å². The van der Waals surface area contributed by atoms with E-state index in [-0.39, 0.29) is 16.4 Å². The molecule has 1 aliphatic carbocycles. The zero-order valence-corrected chi connectivity index (χ0v) is 12.5. The second-order valence-corrected chi connectivity index (χ2v) is 5.99. The van der Waals surface area contributed by atoms with Gasteiger partial charge in [-0.3, -0.25) is 4.79 Å². The van der Waals surface area contributed by atoms with Gasteiger partial charge < -0.3 is 9.73 Å². The maximum Gasteiger partial charge on any atom is 0.350 e. The van der Waals surface area contributed by atoms with Crippen LogP contribution in [0.2, 0.25) is 0 Å². The van der Waals surface area contributed by atoms with Crippen LogP contribution in [0.3, 0.4) is 0 Å². The lowest BCUT2D eigenvalue weighted by molar-refractivity contribution is 0.0916. The second kappa shape index (κ2) is 6.37. The van der Waals surface area contributed by atoms with Crippen molar-refractivity contribution in [2.45, 2.75) is 45.1 Å². The summed E-state index contributed by atoms with van der Waals surface area (Å²) < 4.78 is 5.04. The van der Waals surface area contributed by atoms with Gasteiger partial charge in [0.1, 0.15) is 10.7 Å². The quantitative estimate of drug-likeness (QED) is 0.927. The number of hydrogen-bond acceptors (Lipinski definition) is 3. The van der Waals surface area contributed by atoms with Gasteiger partial charge in [-0.05, 0) is 47.7 Å². The molecule has 19 heavy (non-hydrogen) atoms. The van der Waals surface area contributed by atoms with Crippen LogP contribution in [0.4, 0.5) is 0 Å². The van der Waals surface area contributed by atoms with Crippen molar-refractivity contribution < 1.29 is 9.21 Å². The first-order chi connectivity index (χ1) is 9.08. The molecule has 0 aromatic carbocycles. The number of amides is 1. The number of carbonyl (C=O) groups is 1. The third-order valence-corrected chi connectivity index (χ3v) is 4.30. The number of hydrogen-bond donors (Lipinski definition) is 1. The van der Waals surface area contributed by atoms with Crippen LogP contribution in [0.5, 0.6) is 0 Å². The first-order valence-corrected chi connectivity index (χ1v) is 7.46. The minimum absolute atomic E-state index is 0.151. The number of carbonyl (C=O) groups excluding carboxylic acids is 1. The third kappa shape index (κ3) is 3.69. The number of halogens is 1. The molecule has 5 heteroatoms. The van der Waals surface area contributed by atoms with Gasteiger partial charge in [0.05, 0.1) is 5.56 Å². The maximum absolute atomic E-state index is 12.1. The molecule has 1 atom stereocenters. The molecule has 1 amide bonds. The summed E-state index contributed by atoms with van der Waals surface area (Å²) in [6.45, 7) is 2.04. The average molecular weight is 328 g/mol. The van der Waals surface area contributed by atoms with E-state index in [1.807, 2.05) is 6.92 Å². The summed E-state index contributed by atoms with van der Waals surface area (Å²) in [5, 5.41) is 2.99. The zero-order chi connectivity index (χ0) is 13.8. The Labute approximate surface area is 120 Å². The normalized spacial score (nSPS) is 18.0. The predicted molar refractivity (Wildman–Crippen MR) is 76.2 cm³/mol. The van der Waals surface area contributed by atoms with Crippen LogP contribution in [0.1, 0.15) is 49.4 Å². The molecule has 1 aromatic rings. The van der Waals surface area contributed by atoms with E-state index in [0.717, 1.165) is 0 Å². The Morgan fingerprint density at radius 2 is 2.11 bits per heavy atom. The van der Waals surface area contributed by atoms with Crippen LogP contribution in [0, 0.1) is 5.92 Å². The van der Waals surface area contributed by atoms with Gasteiger partial charge in [0.2, 0.25) is 0 Å². The van der Waals surface area contributed by atoms with Gasteiger partial charge in [-0.15, -0.1) is 0 Å². The first-order valence-electron chi connectivity index (χ1n) is 6.67. The minimum Gasteiger partial charge on any atom is -0.430 e. The van der Waals surface area contributed by atoms with Crippen molar-refractivity contribution in [3.8, 4) is 0 Å². The summed E-state index contributed by atoms with van der Waals surface area (Å²) in [6, 6.07) is 1.65. The predicted octanol–water partition coefficient (Wildman–Crippen LogP) is 3.10. The van der Waals surface area contributed by atoms with Gasteiger partial charge in [-0.2, -0.15) is 0 Å². The molecule has 2 rings (SSSR count). The Morgan fingerprint density at radius 3 is 2.74 bits per heavy atom. The summed E-state index contributed by atoms with van der Waals surface area (Å²) in [6.07, 6.45) is 7.35. The van der Waals surface area contributed by atoms with E-state index >= 15 is 0 Å². The van der Waals surface area contributed by atoms with Crippen LogP contribution in [0.25, 0.3) is 0 Å². The van der Waals surface area contributed by atoms with E-state index in [1.54, 1.807) is 0 Å². The van der Waals surface area contributed by atoms with Gasteiger partial charge in [0.25, 0.3) is 5.91 Å². The van der Waals surface area contributed by atoms with E-state index in [2.05, 4.69) is 21.2 Å². The Kier molecular flexibility index (Phi) is 4.80. The Hall–Kier alpha value is -1.10. The van der Waals surface area contributed by atoms with Gasteiger partial charge in [-0.25, -0.2) is 4.79 Å². The third-order valence-electron chi connectivity index (χ3n) is 3.75. The van der Waals surface area contributed by atoms with Crippen LogP contribution >= 0.6 is 15.9 Å². The molecule has 0 saturated heterocycles. The second-order valence-electron chi connectivity index (χ2n) is 5.13. The molecular formula is C14H18BrNO3. The maximum atomic E-state index is 12.1. The minimum atomic E-state index is -0.475. The molecular weight excluding hydrogens is 310 g/mol. The van der Waals surface area contributed by atoms with E-state index in [9.17, 15) is 9.59 Å². The van der Waals surface area contributed by atoms with E-state index in [0.29, 0.717) is 11.5 Å². The van der Waals surface area contributed by atoms with E-state index in [1.165, 1.54) is 44.4 Å². The van der Waals surface area contributed by atoms with Crippen LogP contribution in [-0.2, 0) is 0 Å². The van der Waals surface area contributed by atoms with Crippen molar-refractivity contribution in [2.24, 2.45) is 5.92 Å². The topological polar surface area (TPSA) is 59.3 Å². The van der Waals surface area contributed by atoms with Crippen LogP contribution in [-0.4, -0.2) is 11.9 Å². The highest BCUT2D eigenvalue weighted by Gasteiger charge is 2.22. The lowest BCUT2D eigenvalue weighted by Gasteiger charge is -2.28. The summed E-state index contributed by atoms with van der Waals surface area (Å²) in [5.74, 6) is 0.361. The summed E-state index contributed by atoms with van der Waals surface area (Å²) in [7, 11) is 0. The molecule has 104 valence electrons. The SMILES string of the molecule is C[C@H](NC(=O)c1coc(=O)c(Br)c1)C1CCCCC1. The summed E-state index contributed by atoms with van der Waals surface area (Å²) in [5.41, 5.74) is -0.106. The fourth-order valence-corrected chi connectivity index (χ4v) is 2.90. The molecule has 0 bridgehead atoms. The summed E-state index contributed by atoms with van der Waals surface area (Å²) >= 11 is 3.07. The lowest BCUT2D eigenvalue weighted by Crippen LogP contribution is -2.39. The molecule has 1 saturated carbocycles. The molecule has 0 aliphatic heterocycles. The van der Waals surface area contributed by atoms with Crippen molar-refractivity contribution in [2.75, 3.05) is 0 Å². The van der Waals surface area contributed by atoms with Crippen LogP contribution in [0.15, 0.2) is 26.0 Å². The zero-order valence-electron chi connectivity index (χ0n) is 10.9. The molecule has 1 N–H and O–H groups in total. The largest absolute Gasteiger partial charge is 0.430 e. The van der Waals surface area contributed by atoms with Crippen molar-refractivity contribution in [3.63, 3.8) is 0 Å². The van der Waals surface area contributed by atoms with Gasteiger partial charge in [0, 0.05) is 6.04 Å². The molecule has 0 spiro atoms. The molecule has 1 fully saturated rings. The molecule has 0 radical (unpaired) electrons. The molecule has 0 unspecified atom stereocenters. The van der Waals surface area contributed by atoms with Crippen LogP contribution < -0.4 is 10.9 Å². The molecule has 1 aromatic heterocycles. The average Bonchev–Trinajstić information content (AvgIpc) is 2.42. The Bertz CT molecular complexity index is 506. The first kappa shape index (κ1) is 14.3. The standard InChI is InChI=1S/C14H18BrNO3/c1-9(10-5-3-2-4-6-10)16-13(17)11-7-12(15)14(18)19-8-11/h7-10H,2-6H2,1H3,(H,16,17)/t9-/m0/s1. The van der Waals surface area contributed by atoms with E-state index in [4.69, 9.17) is 4.42 Å². The van der Waals surface area contributed by atoms with Gasteiger partial charge >= 0.3 is 5.63 Å². The fourth-order valence-electron chi connectivity index (χ4n) is 2.56. The van der Waals surface area contributed by atoms with Crippen molar-refractivity contribution in [3.05, 3.63) is 32.8 Å². The van der Waals surface area contributed by atoms with Crippen molar-refractivity contribution >= 4 is 21.8 Å². The number of nitrogens with one attached hydrogen (secondary N) is 1. The molecule has 4 nitrogen and oxygen atoms in total. The van der Waals surface area contributed by atoms with Gasteiger partial charge in [0.15, 0.2) is 0 Å². The number of rotatable bonds is 3. The Balaban J connectivity index is 1.99. The van der Waals surface area contributed by atoms with E-state index < -0.39 is 5.63 Å². The highest BCUT2D eigenvalue weighted by atomic mass is 79.9. The molecule has 1 aliphatic rings. The Morgan fingerprint density at radius 1 is 1.42 bits per heavy atom. The lowest BCUT2D eigenvalue weighted by atomic mass is 9.84. The van der Waals surface area contributed by atoms with Gasteiger partial charge in [-0.1, -0.05) is 19.3 Å². The fraction of sp³-hybridized carbons (Fsp3) is 0.571. The highest BCUT2D eigenvalue weighted by molar-refractivity contribution is 9.10.